The third kappa shape index (κ3) is 5.49. The van der Waals surface area contributed by atoms with E-state index >= 15 is 0 Å². The number of hydrogen-bond donors (Lipinski definition) is 1. The van der Waals surface area contributed by atoms with Crippen LogP contribution in [0, 0.1) is 5.82 Å². The van der Waals surface area contributed by atoms with Gasteiger partial charge in [0.25, 0.3) is 5.91 Å². The molecule has 0 aliphatic rings. The molecule has 1 aromatic heterocycles. The van der Waals surface area contributed by atoms with Gasteiger partial charge in [-0.3, -0.25) is 9.59 Å². The van der Waals surface area contributed by atoms with Gasteiger partial charge in [-0.1, -0.05) is 18.2 Å². The summed E-state index contributed by atoms with van der Waals surface area (Å²) in [5.74, 6) is -0.393. The Bertz CT molecular complexity index is 641. The van der Waals surface area contributed by atoms with Crippen LogP contribution in [-0.4, -0.2) is 30.3 Å². The summed E-state index contributed by atoms with van der Waals surface area (Å²) in [7, 11) is 1.72. The average molecular weight is 334 g/mol. The zero-order chi connectivity index (χ0) is 16.7. The summed E-state index contributed by atoms with van der Waals surface area (Å²) in [6, 6.07) is 9.69. The largest absolute Gasteiger partial charge is 0.351 e. The van der Waals surface area contributed by atoms with Crippen LogP contribution in [0.25, 0.3) is 0 Å². The highest BCUT2D eigenvalue weighted by Gasteiger charge is 2.10. The minimum atomic E-state index is -0.288. The smallest absolute Gasteiger partial charge is 0.261 e. The van der Waals surface area contributed by atoms with Crippen molar-refractivity contribution < 1.29 is 14.0 Å². The summed E-state index contributed by atoms with van der Waals surface area (Å²) in [6.45, 7) is 0.910. The van der Waals surface area contributed by atoms with Crippen molar-refractivity contribution in [3.8, 4) is 0 Å². The van der Waals surface area contributed by atoms with Crippen LogP contribution in [0.3, 0.4) is 0 Å². The molecule has 0 spiro atoms. The Morgan fingerprint density at radius 1 is 1.22 bits per heavy atom. The van der Waals surface area contributed by atoms with Crippen molar-refractivity contribution in [2.45, 2.75) is 19.4 Å². The molecule has 2 rings (SSSR count). The molecule has 0 aliphatic heterocycles. The molecule has 0 bridgehead atoms. The number of nitrogens with zero attached hydrogens (tertiary/aromatic N) is 1. The zero-order valence-electron chi connectivity index (χ0n) is 12.9. The predicted molar refractivity (Wildman–Crippen MR) is 88.8 cm³/mol. The topological polar surface area (TPSA) is 49.4 Å². The Hall–Kier alpha value is -2.21. The van der Waals surface area contributed by atoms with E-state index in [2.05, 4.69) is 5.32 Å². The number of rotatable bonds is 7. The van der Waals surface area contributed by atoms with Crippen molar-refractivity contribution in [3.63, 3.8) is 0 Å². The molecule has 122 valence electrons. The first kappa shape index (κ1) is 17.1. The van der Waals surface area contributed by atoms with Gasteiger partial charge in [0.1, 0.15) is 5.82 Å². The first-order valence-electron chi connectivity index (χ1n) is 7.36. The first-order chi connectivity index (χ1) is 11.1. The second-order valence-corrected chi connectivity index (χ2v) is 6.16. The van der Waals surface area contributed by atoms with Gasteiger partial charge in [-0.15, -0.1) is 11.3 Å². The molecule has 1 heterocycles. The quantitative estimate of drug-likeness (QED) is 0.791. The van der Waals surface area contributed by atoms with E-state index in [0.29, 0.717) is 30.8 Å². The van der Waals surface area contributed by atoms with Gasteiger partial charge in [0.05, 0.1) is 4.88 Å². The van der Waals surface area contributed by atoms with Gasteiger partial charge < -0.3 is 10.2 Å². The van der Waals surface area contributed by atoms with Gasteiger partial charge in [0, 0.05) is 26.6 Å². The van der Waals surface area contributed by atoms with Gasteiger partial charge in [-0.2, -0.15) is 0 Å². The van der Waals surface area contributed by atoms with Crippen molar-refractivity contribution in [3.05, 3.63) is 58.0 Å². The summed E-state index contributed by atoms with van der Waals surface area (Å²) >= 11 is 1.39. The Balaban J connectivity index is 1.67. The Labute approximate surface area is 138 Å². The van der Waals surface area contributed by atoms with E-state index in [1.165, 1.54) is 23.5 Å². The normalized spacial score (nSPS) is 10.3. The van der Waals surface area contributed by atoms with Crippen molar-refractivity contribution in [2.75, 3.05) is 13.6 Å². The van der Waals surface area contributed by atoms with E-state index in [1.807, 2.05) is 11.4 Å². The Morgan fingerprint density at radius 3 is 2.61 bits per heavy atom. The summed E-state index contributed by atoms with van der Waals surface area (Å²) in [4.78, 5) is 26.0. The van der Waals surface area contributed by atoms with Gasteiger partial charge in [0.2, 0.25) is 5.91 Å². The van der Waals surface area contributed by atoms with E-state index < -0.39 is 0 Å². The number of carbonyl (C=O) groups excluding carboxylic acids is 2. The molecular weight excluding hydrogens is 315 g/mol. The molecule has 23 heavy (non-hydrogen) atoms. The van der Waals surface area contributed by atoms with Gasteiger partial charge in [0.15, 0.2) is 0 Å². The lowest BCUT2D eigenvalue weighted by molar-refractivity contribution is -0.130. The molecule has 2 aromatic rings. The van der Waals surface area contributed by atoms with Gasteiger partial charge >= 0.3 is 0 Å². The number of halogens is 1. The van der Waals surface area contributed by atoms with E-state index in [0.717, 1.165) is 5.56 Å². The van der Waals surface area contributed by atoms with Crippen LogP contribution in [0.4, 0.5) is 4.39 Å². The van der Waals surface area contributed by atoms with Crippen LogP contribution in [0.1, 0.15) is 28.1 Å². The molecule has 0 aliphatic carbocycles. The third-order valence-corrected chi connectivity index (χ3v) is 4.23. The molecule has 0 saturated heterocycles. The maximum atomic E-state index is 12.8. The SMILES string of the molecule is CN(Cc1ccc(F)cc1)C(=O)CCCNC(=O)c1cccs1. The molecular formula is C17H19FN2O2S. The Morgan fingerprint density at radius 2 is 1.96 bits per heavy atom. The zero-order valence-corrected chi connectivity index (χ0v) is 13.7. The van der Waals surface area contributed by atoms with Crippen LogP contribution < -0.4 is 5.32 Å². The maximum Gasteiger partial charge on any atom is 0.261 e. The molecule has 6 heteroatoms. The highest BCUT2D eigenvalue weighted by Crippen LogP contribution is 2.09. The minimum Gasteiger partial charge on any atom is -0.351 e. The highest BCUT2D eigenvalue weighted by molar-refractivity contribution is 7.12. The first-order valence-corrected chi connectivity index (χ1v) is 8.24. The predicted octanol–water partition coefficient (Wildman–Crippen LogP) is 3.06. The summed E-state index contributed by atoms with van der Waals surface area (Å²) in [5, 5.41) is 4.64. The van der Waals surface area contributed by atoms with Crippen LogP contribution in [-0.2, 0) is 11.3 Å². The fourth-order valence-electron chi connectivity index (χ4n) is 2.08. The van der Waals surface area contributed by atoms with Crippen LogP contribution in [0.5, 0.6) is 0 Å². The van der Waals surface area contributed by atoms with E-state index in [1.54, 1.807) is 30.1 Å². The van der Waals surface area contributed by atoms with Crippen LogP contribution >= 0.6 is 11.3 Å². The lowest BCUT2D eigenvalue weighted by Crippen LogP contribution is -2.28. The second-order valence-electron chi connectivity index (χ2n) is 5.21. The van der Waals surface area contributed by atoms with Crippen molar-refractivity contribution in [2.24, 2.45) is 0 Å². The highest BCUT2D eigenvalue weighted by atomic mass is 32.1. The fraction of sp³-hybridized carbons (Fsp3) is 0.294. The second kappa shape index (κ2) is 8.43. The lowest BCUT2D eigenvalue weighted by atomic mass is 10.2. The lowest BCUT2D eigenvalue weighted by Gasteiger charge is -2.17. The number of carbonyl (C=O) groups is 2. The van der Waals surface area contributed by atoms with Gasteiger partial charge in [-0.25, -0.2) is 4.39 Å². The molecule has 1 aromatic carbocycles. The van der Waals surface area contributed by atoms with Crippen molar-refractivity contribution in [1.29, 1.82) is 0 Å². The molecule has 1 N–H and O–H groups in total. The summed E-state index contributed by atoms with van der Waals surface area (Å²) in [5.41, 5.74) is 0.883. The number of nitrogens with one attached hydrogen (secondary N) is 1. The van der Waals surface area contributed by atoms with Crippen LogP contribution in [0.2, 0.25) is 0 Å². The molecule has 4 nitrogen and oxygen atoms in total. The van der Waals surface area contributed by atoms with E-state index in [4.69, 9.17) is 0 Å². The summed E-state index contributed by atoms with van der Waals surface area (Å²) in [6.07, 6.45) is 0.951. The molecule has 0 unspecified atom stereocenters. The minimum absolute atomic E-state index is 0.000280. The van der Waals surface area contributed by atoms with Gasteiger partial charge in [-0.05, 0) is 35.6 Å². The van der Waals surface area contributed by atoms with Crippen molar-refractivity contribution in [1.82, 2.24) is 10.2 Å². The van der Waals surface area contributed by atoms with E-state index in [-0.39, 0.29) is 17.6 Å². The summed E-state index contributed by atoms with van der Waals surface area (Å²) < 4.78 is 12.8. The molecule has 0 radical (unpaired) electrons. The average Bonchev–Trinajstić information content (AvgIpc) is 3.07. The standard InChI is InChI=1S/C17H19FN2O2S/c1-20(12-13-6-8-14(18)9-7-13)16(21)5-2-10-19-17(22)15-4-3-11-23-15/h3-4,6-9,11H,2,5,10,12H2,1H3,(H,19,22). The molecule has 2 amide bonds. The molecule has 0 atom stereocenters. The molecule has 0 saturated carbocycles. The Kier molecular flexibility index (Phi) is 6.29. The molecule has 0 fully saturated rings. The number of amides is 2. The van der Waals surface area contributed by atoms with Crippen molar-refractivity contribution >= 4 is 23.2 Å². The number of benzene rings is 1. The number of thiophene rings is 1. The third-order valence-electron chi connectivity index (χ3n) is 3.36. The van der Waals surface area contributed by atoms with E-state index in [9.17, 15) is 14.0 Å². The fourth-order valence-corrected chi connectivity index (χ4v) is 2.72. The number of hydrogen-bond acceptors (Lipinski definition) is 3. The van der Waals surface area contributed by atoms with Crippen LogP contribution in [0.15, 0.2) is 41.8 Å². The monoisotopic (exact) mass is 334 g/mol. The maximum absolute atomic E-state index is 12.8.